The topological polar surface area (TPSA) is 66.0 Å². The molecule has 0 amide bonds. The van der Waals surface area contributed by atoms with Crippen LogP contribution >= 0.6 is 0 Å². The number of nitrogens with one attached hydrogen (secondary N) is 1. The summed E-state index contributed by atoms with van der Waals surface area (Å²) in [5, 5.41) is 7.74. The van der Waals surface area contributed by atoms with Gasteiger partial charge in [0.1, 0.15) is 11.7 Å². The second kappa shape index (κ2) is 5.38. The summed E-state index contributed by atoms with van der Waals surface area (Å²) < 4.78 is 0. The predicted molar refractivity (Wildman–Crippen MR) is 75.2 cm³/mol. The Morgan fingerprint density at radius 2 is 2.39 bits per heavy atom. The largest absolute Gasteiger partial charge is 0.384 e. The van der Waals surface area contributed by atoms with Crippen molar-refractivity contribution in [2.24, 2.45) is 11.7 Å². The zero-order chi connectivity index (χ0) is 13.1. The maximum Gasteiger partial charge on any atom is 0.139 e. The van der Waals surface area contributed by atoms with Crippen LogP contribution in [0.1, 0.15) is 37.3 Å². The molecular formula is C14H22N4. The summed E-state index contributed by atoms with van der Waals surface area (Å²) in [5.74, 6) is 1.75. The zero-order valence-electron chi connectivity index (χ0n) is 11.2. The summed E-state index contributed by atoms with van der Waals surface area (Å²) >= 11 is 0. The van der Waals surface area contributed by atoms with Crippen LogP contribution in [0.2, 0.25) is 0 Å². The van der Waals surface area contributed by atoms with Crippen LogP contribution in [0.15, 0.2) is 12.3 Å². The molecule has 0 spiro atoms. The lowest BCUT2D eigenvalue weighted by Gasteiger charge is -2.34. The Kier molecular flexibility index (Phi) is 3.84. The number of rotatable bonds is 3. The van der Waals surface area contributed by atoms with Crippen molar-refractivity contribution in [3.8, 4) is 0 Å². The van der Waals surface area contributed by atoms with Gasteiger partial charge in [0.2, 0.25) is 0 Å². The van der Waals surface area contributed by atoms with Crippen molar-refractivity contribution in [3.05, 3.63) is 23.4 Å². The lowest BCUT2D eigenvalue weighted by molar-refractivity contribution is 0.403. The summed E-state index contributed by atoms with van der Waals surface area (Å²) in [5.41, 5.74) is 7.54. The molecule has 0 aromatic carbocycles. The molecule has 1 aromatic rings. The number of pyridine rings is 1. The molecule has 18 heavy (non-hydrogen) atoms. The van der Waals surface area contributed by atoms with Crippen LogP contribution in [0.25, 0.3) is 0 Å². The summed E-state index contributed by atoms with van der Waals surface area (Å²) in [7, 11) is 0. The van der Waals surface area contributed by atoms with Crippen LogP contribution in [-0.4, -0.2) is 23.9 Å². The van der Waals surface area contributed by atoms with E-state index >= 15 is 0 Å². The van der Waals surface area contributed by atoms with E-state index in [1.165, 1.54) is 19.3 Å². The third kappa shape index (κ3) is 2.47. The number of nitrogens with zero attached hydrogens (tertiary/aromatic N) is 2. The summed E-state index contributed by atoms with van der Waals surface area (Å²) in [4.78, 5) is 6.75. The van der Waals surface area contributed by atoms with Crippen LogP contribution in [-0.2, 0) is 0 Å². The van der Waals surface area contributed by atoms with Crippen LogP contribution in [0, 0.1) is 18.3 Å². The van der Waals surface area contributed by atoms with Gasteiger partial charge in [-0.15, -0.1) is 0 Å². The molecule has 1 saturated heterocycles. The fraction of sp³-hybridized carbons (Fsp3) is 0.571. The highest BCUT2D eigenvalue weighted by Crippen LogP contribution is 2.27. The van der Waals surface area contributed by atoms with Crippen molar-refractivity contribution >= 4 is 11.7 Å². The number of nitrogen functional groups attached to an aromatic ring is 1. The first-order chi connectivity index (χ1) is 8.63. The molecule has 1 fully saturated rings. The fourth-order valence-electron chi connectivity index (χ4n) is 2.71. The molecule has 3 N–H and O–H groups in total. The highest BCUT2D eigenvalue weighted by Gasteiger charge is 2.23. The van der Waals surface area contributed by atoms with Gasteiger partial charge in [0.25, 0.3) is 0 Å². The second-order valence-corrected chi connectivity index (χ2v) is 5.10. The van der Waals surface area contributed by atoms with E-state index in [4.69, 9.17) is 11.1 Å². The van der Waals surface area contributed by atoms with Gasteiger partial charge in [-0.3, -0.25) is 5.41 Å². The highest BCUT2D eigenvalue weighted by atomic mass is 15.2. The Labute approximate surface area is 109 Å². The van der Waals surface area contributed by atoms with Gasteiger partial charge in [-0.1, -0.05) is 13.3 Å². The Morgan fingerprint density at radius 1 is 1.61 bits per heavy atom. The lowest BCUT2D eigenvalue weighted by Crippen LogP contribution is -2.37. The van der Waals surface area contributed by atoms with Gasteiger partial charge < -0.3 is 10.6 Å². The number of piperidine rings is 1. The van der Waals surface area contributed by atoms with Crippen LogP contribution in [0.4, 0.5) is 5.82 Å². The molecule has 1 aliphatic rings. The van der Waals surface area contributed by atoms with Gasteiger partial charge in [-0.2, -0.15) is 0 Å². The van der Waals surface area contributed by atoms with E-state index in [1.54, 1.807) is 0 Å². The molecule has 2 heterocycles. The van der Waals surface area contributed by atoms with E-state index < -0.39 is 0 Å². The molecule has 0 aliphatic carbocycles. The smallest absolute Gasteiger partial charge is 0.139 e. The second-order valence-electron chi connectivity index (χ2n) is 5.10. The van der Waals surface area contributed by atoms with Gasteiger partial charge in [0.05, 0.1) is 5.56 Å². The van der Waals surface area contributed by atoms with E-state index in [0.29, 0.717) is 0 Å². The van der Waals surface area contributed by atoms with Crippen molar-refractivity contribution in [2.45, 2.75) is 33.1 Å². The minimum atomic E-state index is 0.120. The van der Waals surface area contributed by atoms with Gasteiger partial charge >= 0.3 is 0 Å². The predicted octanol–water partition coefficient (Wildman–Crippen LogP) is 2.30. The van der Waals surface area contributed by atoms with Crippen molar-refractivity contribution in [1.29, 1.82) is 5.41 Å². The van der Waals surface area contributed by atoms with Crippen molar-refractivity contribution in [3.63, 3.8) is 0 Å². The number of amidine groups is 1. The van der Waals surface area contributed by atoms with Gasteiger partial charge in [-0.05, 0) is 37.3 Å². The minimum absolute atomic E-state index is 0.120. The van der Waals surface area contributed by atoms with Gasteiger partial charge in [-0.25, -0.2) is 4.98 Å². The van der Waals surface area contributed by atoms with E-state index in [1.807, 2.05) is 19.2 Å². The minimum Gasteiger partial charge on any atom is -0.384 e. The first kappa shape index (κ1) is 12.9. The van der Waals surface area contributed by atoms with E-state index in [0.717, 1.165) is 36.0 Å². The van der Waals surface area contributed by atoms with Crippen molar-refractivity contribution in [1.82, 2.24) is 4.98 Å². The normalized spacial score (nSPS) is 19.9. The van der Waals surface area contributed by atoms with Crippen molar-refractivity contribution < 1.29 is 0 Å². The van der Waals surface area contributed by atoms with Crippen LogP contribution in [0.5, 0.6) is 0 Å². The number of nitrogens with two attached hydrogens (primary N) is 1. The Balaban J connectivity index is 2.32. The fourth-order valence-corrected chi connectivity index (χ4v) is 2.71. The first-order valence-corrected chi connectivity index (χ1v) is 6.68. The maximum atomic E-state index is 7.74. The van der Waals surface area contributed by atoms with E-state index in [9.17, 15) is 0 Å². The number of hydrogen-bond acceptors (Lipinski definition) is 3. The van der Waals surface area contributed by atoms with Crippen LogP contribution in [0.3, 0.4) is 0 Å². The number of anilines is 1. The van der Waals surface area contributed by atoms with Gasteiger partial charge in [0, 0.05) is 19.3 Å². The molecule has 4 heteroatoms. The summed E-state index contributed by atoms with van der Waals surface area (Å²) in [6.07, 6.45) is 5.52. The summed E-state index contributed by atoms with van der Waals surface area (Å²) in [6, 6.07) is 1.92. The third-order valence-electron chi connectivity index (χ3n) is 3.80. The molecule has 0 saturated carbocycles. The Hall–Kier alpha value is -1.58. The number of hydrogen-bond donors (Lipinski definition) is 2. The average Bonchev–Trinajstić information content (AvgIpc) is 2.38. The van der Waals surface area contributed by atoms with E-state index in [2.05, 4.69) is 16.8 Å². The molecule has 0 bridgehead atoms. The molecule has 0 radical (unpaired) electrons. The van der Waals surface area contributed by atoms with Gasteiger partial charge in [0.15, 0.2) is 0 Å². The molecular weight excluding hydrogens is 224 g/mol. The standard InChI is InChI=1S/C14H22N4/c1-3-11-5-4-8-18(9-11)14-12(13(15)16)10(2)6-7-17-14/h6-7,11H,3-5,8-9H2,1-2H3,(H3,15,16). The molecule has 1 aliphatic heterocycles. The zero-order valence-corrected chi connectivity index (χ0v) is 11.2. The SMILES string of the molecule is CCC1CCCN(c2nccc(C)c2C(=N)N)C1. The quantitative estimate of drug-likeness (QED) is 0.635. The maximum absolute atomic E-state index is 7.74. The molecule has 4 nitrogen and oxygen atoms in total. The highest BCUT2D eigenvalue weighted by molar-refractivity contribution is 6.01. The Morgan fingerprint density at radius 3 is 3.06 bits per heavy atom. The monoisotopic (exact) mass is 246 g/mol. The van der Waals surface area contributed by atoms with Crippen molar-refractivity contribution in [2.75, 3.05) is 18.0 Å². The third-order valence-corrected chi connectivity index (χ3v) is 3.80. The Bertz CT molecular complexity index is 441. The van der Waals surface area contributed by atoms with E-state index in [-0.39, 0.29) is 5.84 Å². The molecule has 98 valence electrons. The van der Waals surface area contributed by atoms with Crippen LogP contribution < -0.4 is 10.6 Å². The molecule has 1 atom stereocenters. The average molecular weight is 246 g/mol. The first-order valence-electron chi connectivity index (χ1n) is 6.68. The number of aryl methyl sites for hydroxylation is 1. The number of aromatic nitrogens is 1. The summed E-state index contributed by atoms with van der Waals surface area (Å²) in [6.45, 7) is 6.29. The lowest BCUT2D eigenvalue weighted by atomic mass is 9.95. The molecule has 2 rings (SSSR count). The molecule has 1 aromatic heterocycles. The molecule has 1 unspecified atom stereocenters.